The Bertz CT molecular complexity index is 940. The zero-order valence-electron chi connectivity index (χ0n) is 15.6. The molecule has 0 aliphatic carbocycles. The third-order valence-corrected chi connectivity index (χ3v) is 4.98. The topological polar surface area (TPSA) is 50.2 Å². The summed E-state index contributed by atoms with van der Waals surface area (Å²) in [5.74, 6) is -0.526. The first-order valence-electron chi connectivity index (χ1n) is 9.56. The van der Waals surface area contributed by atoms with Crippen LogP contribution in [-0.4, -0.2) is 39.7 Å². The number of aromatic nitrogens is 2. The van der Waals surface area contributed by atoms with Crippen LogP contribution in [0.5, 0.6) is 0 Å². The molecule has 0 saturated carbocycles. The number of benzene rings is 2. The maximum atomic E-state index is 13.4. The van der Waals surface area contributed by atoms with Crippen LogP contribution in [0.15, 0.2) is 66.9 Å². The summed E-state index contributed by atoms with van der Waals surface area (Å²) in [6.45, 7) is 2.75. The molecule has 1 N–H and O–H groups in total. The molecule has 0 bridgehead atoms. The van der Waals surface area contributed by atoms with Gasteiger partial charge in [0.05, 0.1) is 5.69 Å². The quantitative estimate of drug-likeness (QED) is 0.740. The van der Waals surface area contributed by atoms with Crippen LogP contribution in [0.25, 0.3) is 5.69 Å². The lowest BCUT2D eigenvalue weighted by Crippen LogP contribution is -2.47. The van der Waals surface area contributed by atoms with Crippen molar-refractivity contribution in [3.63, 3.8) is 0 Å². The largest absolute Gasteiger partial charge is 0.347 e. The van der Waals surface area contributed by atoms with Crippen LogP contribution in [0.1, 0.15) is 28.9 Å². The lowest BCUT2D eigenvalue weighted by atomic mass is 10.0. The summed E-state index contributed by atoms with van der Waals surface area (Å²) in [5, 5.41) is 7.39. The van der Waals surface area contributed by atoms with Crippen LogP contribution in [0.2, 0.25) is 0 Å². The molecule has 1 fully saturated rings. The summed E-state index contributed by atoms with van der Waals surface area (Å²) < 4.78 is 14.9. The van der Waals surface area contributed by atoms with E-state index in [-0.39, 0.29) is 17.8 Å². The number of carbonyl (C=O) groups is 1. The molecule has 1 aliphatic rings. The number of amides is 1. The Morgan fingerprint density at radius 2 is 2.00 bits per heavy atom. The van der Waals surface area contributed by atoms with Gasteiger partial charge in [-0.3, -0.25) is 9.69 Å². The van der Waals surface area contributed by atoms with Crippen molar-refractivity contribution < 1.29 is 9.18 Å². The Balaban J connectivity index is 1.37. The third kappa shape index (κ3) is 4.46. The van der Waals surface area contributed by atoms with Crippen LogP contribution in [0.3, 0.4) is 0 Å². The van der Waals surface area contributed by atoms with E-state index >= 15 is 0 Å². The van der Waals surface area contributed by atoms with Crippen molar-refractivity contribution in [3.8, 4) is 5.69 Å². The molecule has 0 spiro atoms. The summed E-state index contributed by atoms with van der Waals surface area (Å²) >= 11 is 0. The smallest absolute Gasteiger partial charge is 0.272 e. The van der Waals surface area contributed by atoms with Crippen molar-refractivity contribution >= 4 is 5.91 Å². The summed E-state index contributed by atoms with van der Waals surface area (Å²) in [6.07, 6.45) is 3.68. The van der Waals surface area contributed by atoms with Gasteiger partial charge in [0.2, 0.25) is 0 Å². The molecule has 28 heavy (non-hydrogen) atoms. The van der Waals surface area contributed by atoms with E-state index in [4.69, 9.17) is 0 Å². The summed E-state index contributed by atoms with van der Waals surface area (Å²) in [6, 6.07) is 18.3. The molecule has 6 heteroatoms. The molecule has 0 radical (unpaired) electrons. The minimum Gasteiger partial charge on any atom is -0.347 e. The Kier molecular flexibility index (Phi) is 5.48. The molecule has 1 aliphatic heterocycles. The SMILES string of the molecule is O=C(NC1CCCN(Cc2ccccc2)C1)c1ccn(-c2cccc(F)c2)n1. The van der Waals surface area contributed by atoms with Gasteiger partial charge in [-0.1, -0.05) is 36.4 Å². The van der Waals surface area contributed by atoms with Gasteiger partial charge < -0.3 is 5.32 Å². The van der Waals surface area contributed by atoms with Crippen molar-refractivity contribution in [2.45, 2.75) is 25.4 Å². The monoisotopic (exact) mass is 378 g/mol. The average molecular weight is 378 g/mol. The summed E-state index contributed by atoms with van der Waals surface area (Å²) in [4.78, 5) is 15.0. The van der Waals surface area contributed by atoms with E-state index in [1.165, 1.54) is 22.4 Å². The van der Waals surface area contributed by atoms with Gasteiger partial charge >= 0.3 is 0 Å². The van der Waals surface area contributed by atoms with E-state index in [0.717, 1.165) is 32.5 Å². The van der Waals surface area contributed by atoms with Gasteiger partial charge in [0, 0.05) is 25.3 Å². The molecule has 4 rings (SSSR count). The number of nitrogens with zero attached hydrogens (tertiary/aromatic N) is 3. The number of likely N-dealkylation sites (tertiary alicyclic amines) is 1. The molecule has 1 saturated heterocycles. The molecule has 2 heterocycles. The second-order valence-corrected chi connectivity index (χ2v) is 7.16. The van der Waals surface area contributed by atoms with E-state index in [9.17, 15) is 9.18 Å². The molecule has 1 amide bonds. The number of nitrogens with one attached hydrogen (secondary N) is 1. The zero-order valence-corrected chi connectivity index (χ0v) is 15.6. The average Bonchev–Trinajstić information content (AvgIpc) is 3.20. The lowest BCUT2D eigenvalue weighted by molar-refractivity contribution is 0.0895. The fourth-order valence-corrected chi connectivity index (χ4v) is 3.63. The molecule has 3 aromatic rings. The van der Waals surface area contributed by atoms with Crippen molar-refractivity contribution in [2.24, 2.45) is 0 Å². The van der Waals surface area contributed by atoms with Gasteiger partial charge in [0.25, 0.3) is 5.91 Å². The van der Waals surface area contributed by atoms with Gasteiger partial charge in [0.15, 0.2) is 5.69 Å². The molecule has 1 aromatic heterocycles. The van der Waals surface area contributed by atoms with Gasteiger partial charge in [0.1, 0.15) is 5.82 Å². The van der Waals surface area contributed by atoms with E-state index < -0.39 is 0 Å². The minimum atomic E-state index is -0.334. The Labute approximate surface area is 163 Å². The highest BCUT2D eigenvalue weighted by atomic mass is 19.1. The first kappa shape index (κ1) is 18.4. The Morgan fingerprint density at radius 1 is 1.14 bits per heavy atom. The molecule has 1 unspecified atom stereocenters. The number of hydrogen-bond acceptors (Lipinski definition) is 3. The fraction of sp³-hybridized carbons (Fsp3) is 0.273. The number of hydrogen-bond donors (Lipinski definition) is 1. The van der Waals surface area contributed by atoms with Crippen molar-refractivity contribution in [1.82, 2.24) is 20.0 Å². The highest BCUT2D eigenvalue weighted by Gasteiger charge is 2.22. The van der Waals surface area contributed by atoms with E-state index in [1.54, 1.807) is 24.4 Å². The van der Waals surface area contributed by atoms with Crippen molar-refractivity contribution in [3.05, 3.63) is 83.9 Å². The third-order valence-electron chi connectivity index (χ3n) is 4.98. The number of carbonyl (C=O) groups excluding carboxylic acids is 1. The molecule has 144 valence electrons. The highest BCUT2D eigenvalue weighted by molar-refractivity contribution is 5.92. The molecule has 1 atom stereocenters. The van der Waals surface area contributed by atoms with Gasteiger partial charge in [-0.15, -0.1) is 0 Å². The Morgan fingerprint density at radius 3 is 2.82 bits per heavy atom. The normalized spacial score (nSPS) is 17.4. The van der Waals surface area contributed by atoms with Crippen LogP contribution >= 0.6 is 0 Å². The molecule has 5 nitrogen and oxygen atoms in total. The van der Waals surface area contributed by atoms with E-state index in [1.807, 2.05) is 18.2 Å². The second kappa shape index (κ2) is 8.35. The number of piperidine rings is 1. The predicted molar refractivity (Wildman–Crippen MR) is 106 cm³/mol. The van der Waals surface area contributed by atoms with Crippen LogP contribution in [-0.2, 0) is 6.54 Å². The molecule has 2 aromatic carbocycles. The first-order valence-corrected chi connectivity index (χ1v) is 9.56. The summed E-state index contributed by atoms with van der Waals surface area (Å²) in [7, 11) is 0. The maximum absolute atomic E-state index is 13.4. The van der Waals surface area contributed by atoms with Gasteiger partial charge in [-0.25, -0.2) is 9.07 Å². The lowest BCUT2D eigenvalue weighted by Gasteiger charge is -2.33. The number of halogens is 1. The molecular formula is C22H23FN4O. The van der Waals surface area contributed by atoms with E-state index in [0.29, 0.717) is 11.4 Å². The highest BCUT2D eigenvalue weighted by Crippen LogP contribution is 2.15. The first-order chi connectivity index (χ1) is 13.7. The predicted octanol–water partition coefficient (Wildman–Crippen LogP) is 3.41. The second-order valence-electron chi connectivity index (χ2n) is 7.16. The maximum Gasteiger partial charge on any atom is 0.272 e. The number of rotatable bonds is 5. The Hall–Kier alpha value is -2.99. The summed E-state index contributed by atoms with van der Waals surface area (Å²) in [5.41, 5.74) is 2.21. The molecular weight excluding hydrogens is 355 g/mol. The fourth-order valence-electron chi connectivity index (χ4n) is 3.63. The van der Waals surface area contributed by atoms with Gasteiger partial charge in [-0.05, 0) is 49.2 Å². The van der Waals surface area contributed by atoms with E-state index in [2.05, 4.69) is 27.4 Å². The van der Waals surface area contributed by atoms with Gasteiger partial charge in [-0.2, -0.15) is 5.10 Å². The van der Waals surface area contributed by atoms with Crippen LogP contribution in [0, 0.1) is 5.82 Å². The minimum absolute atomic E-state index is 0.101. The van der Waals surface area contributed by atoms with Crippen molar-refractivity contribution in [1.29, 1.82) is 0 Å². The van der Waals surface area contributed by atoms with Crippen LogP contribution < -0.4 is 5.32 Å². The zero-order chi connectivity index (χ0) is 19.3. The van der Waals surface area contributed by atoms with Crippen molar-refractivity contribution in [2.75, 3.05) is 13.1 Å². The standard InChI is InChI=1S/C22H23FN4O/c23-18-8-4-10-20(14-18)27-13-11-21(25-27)22(28)24-19-9-5-12-26(16-19)15-17-6-2-1-3-7-17/h1-4,6-8,10-11,13-14,19H,5,9,12,15-16H2,(H,24,28). The van der Waals surface area contributed by atoms with Crippen LogP contribution in [0.4, 0.5) is 4.39 Å².